The zero-order chi connectivity index (χ0) is 23.5. The van der Waals surface area contributed by atoms with Crippen LogP contribution in [0.1, 0.15) is 24.1 Å². The van der Waals surface area contributed by atoms with Crippen molar-refractivity contribution in [2.24, 2.45) is 0 Å². The molecule has 0 atom stereocenters. The molecule has 0 aliphatic carbocycles. The van der Waals surface area contributed by atoms with Crippen LogP contribution in [-0.4, -0.2) is 46.1 Å². The van der Waals surface area contributed by atoms with Crippen molar-refractivity contribution < 1.29 is 4.74 Å². The molecule has 34 heavy (non-hydrogen) atoms. The second-order valence-corrected chi connectivity index (χ2v) is 9.21. The minimum Gasteiger partial charge on any atom is -0.481 e. The first-order chi connectivity index (χ1) is 16.6. The highest BCUT2D eigenvalue weighted by atomic mass is 35.5. The maximum atomic E-state index is 6.00. The Morgan fingerprint density at radius 2 is 1.76 bits per heavy atom. The first-order valence-electron chi connectivity index (χ1n) is 11.6. The molecule has 174 valence electrons. The van der Waals surface area contributed by atoms with Gasteiger partial charge in [-0.1, -0.05) is 29.8 Å². The molecule has 0 unspecified atom stereocenters. The van der Waals surface area contributed by atoms with E-state index in [-0.39, 0.29) is 0 Å². The smallest absolute Gasteiger partial charge is 0.223 e. The van der Waals surface area contributed by atoms with E-state index in [2.05, 4.69) is 45.5 Å². The molecule has 6 nitrogen and oxygen atoms in total. The second kappa shape index (κ2) is 9.95. The van der Waals surface area contributed by atoms with Crippen molar-refractivity contribution in [3.63, 3.8) is 0 Å². The van der Waals surface area contributed by atoms with Crippen LogP contribution in [0.5, 0.6) is 5.88 Å². The fourth-order valence-electron chi connectivity index (χ4n) is 4.49. The molecule has 5 rings (SSSR count). The number of pyridine rings is 1. The van der Waals surface area contributed by atoms with Crippen LogP contribution in [0.25, 0.3) is 22.0 Å². The Bertz CT molecular complexity index is 1290. The number of methoxy groups -OCH3 is 1. The molecular formula is C27H28ClN5O. The minimum absolute atomic E-state index is 0.377. The molecule has 4 aromatic rings. The summed E-state index contributed by atoms with van der Waals surface area (Å²) in [6.45, 7) is 5.10. The van der Waals surface area contributed by atoms with Crippen LogP contribution in [0.15, 0.2) is 60.8 Å². The lowest BCUT2D eigenvalue weighted by atomic mass is 10.0. The Balaban J connectivity index is 1.25. The molecule has 0 saturated carbocycles. The lowest BCUT2D eigenvalue weighted by Crippen LogP contribution is -2.39. The number of benzene rings is 2. The molecular weight excluding hydrogens is 446 g/mol. The average molecular weight is 474 g/mol. The summed E-state index contributed by atoms with van der Waals surface area (Å²) in [6, 6.07) is 18.7. The quantitative estimate of drug-likeness (QED) is 0.385. The Morgan fingerprint density at radius 1 is 1.00 bits per heavy atom. The second-order valence-electron chi connectivity index (χ2n) is 8.77. The van der Waals surface area contributed by atoms with Crippen molar-refractivity contribution >= 4 is 28.5 Å². The summed E-state index contributed by atoms with van der Waals surface area (Å²) in [5.74, 6) is 1.31. The van der Waals surface area contributed by atoms with Gasteiger partial charge in [0.25, 0.3) is 0 Å². The van der Waals surface area contributed by atoms with E-state index in [4.69, 9.17) is 26.3 Å². The molecule has 1 aliphatic rings. The number of piperidine rings is 1. The van der Waals surface area contributed by atoms with Crippen molar-refractivity contribution in [2.45, 2.75) is 32.4 Å². The number of hydrogen-bond donors (Lipinski definition) is 1. The Kier molecular flexibility index (Phi) is 6.61. The van der Waals surface area contributed by atoms with Crippen LogP contribution in [-0.2, 0) is 6.54 Å². The fourth-order valence-corrected chi connectivity index (χ4v) is 4.62. The monoisotopic (exact) mass is 473 g/mol. The lowest BCUT2D eigenvalue weighted by Gasteiger charge is -2.32. The summed E-state index contributed by atoms with van der Waals surface area (Å²) < 4.78 is 5.26. The van der Waals surface area contributed by atoms with E-state index in [1.165, 1.54) is 5.56 Å². The highest BCUT2D eigenvalue weighted by Crippen LogP contribution is 2.28. The van der Waals surface area contributed by atoms with Gasteiger partial charge in [-0.05, 0) is 66.8 Å². The SMILES string of the molecule is COc1cc(-c2ccc3nc(NC4CCN(Cc5ccc(Cl)cc5)CC4)nc(C)c3c2)ccn1. The molecule has 2 aromatic carbocycles. The van der Waals surface area contributed by atoms with Gasteiger partial charge in [0.15, 0.2) is 0 Å². The van der Waals surface area contributed by atoms with Crippen molar-refractivity contribution in [3.05, 3.63) is 77.1 Å². The number of nitrogens with zero attached hydrogens (tertiary/aromatic N) is 4. The average Bonchev–Trinajstić information content (AvgIpc) is 2.86. The highest BCUT2D eigenvalue weighted by Gasteiger charge is 2.20. The van der Waals surface area contributed by atoms with Gasteiger partial charge in [-0.25, -0.2) is 15.0 Å². The number of hydrogen-bond acceptors (Lipinski definition) is 6. The van der Waals surface area contributed by atoms with Crippen molar-refractivity contribution in [2.75, 3.05) is 25.5 Å². The van der Waals surface area contributed by atoms with Crippen molar-refractivity contribution in [1.82, 2.24) is 19.9 Å². The third-order valence-electron chi connectivity index (χ3n) is 6.40. The molecule has 3 heterocycles. The van der Waals surface area contributed by atoms with Crippen LogP contribution in [0, 0.1) is 6.92 Å². The Morgan fingerprint density at radius 3 is 2.53 bits per heavy atom. The van der Waals surface area contributed by atoms with Crippen molar-refractivity contribution in [1.29, 1.82) is 0 Å². The number of ether oxygens (including phenoxy) is 1. The number of nitrogens with one attached hydrogen (secondary N) is 1. The van der Waals surface area contributed by atoms with E-state index < -0.39 is 0 Å². The molecule has 0 spiro atoms. The van der Waals surface area contributed by atoms with E-state index in [9.17, 15) is 0 Å². The molecule has 1 saturated heterocycles. The van der Waals surface area contributed by atoms with Gasteiger partial charge in [0, 0.05) is 48.3 Å². The van der Waals surface area contributed by atoms with Crippen molar-refractivity contribution in [3.8, 4) is 17.0 Å². The molecule has 0 radical (unpaired) electrons. The zero-order valence-electron chi connectivity index (χ0n) is 19.5. The van der Waals surface area contributed by atoms with Gasteiger partial charge in [0.05, 0.1) is 18.3 Å². The van der Waals surface area contributed by atoms with Crippen LogP contribution in [0.4, 0.5) is 5.95 Å². The summed E-state index contributed by atoms with van der Waals surface area (Å²) in [6.07, 6.45) is 3.89. The number of aromatic nitrogens is 3. The fraction of sp³-hybridized carbons (Fsp3) is 0.296. The summed E-state index contributed by atoms with van der Waals surface area (Å²) in [4.78, 5) is 16.3. The zero-order valence-corrected chi connectivity index (χ0v) is 20.2. The number of anilines is 1. The molecule has 0 amide bonds. The van der Waals surface area contributed by atoms with Crippen LogP contribution in [0.2, 0.25) is 5.02 Å². The minimum atomic E-state index is 0.377. The predicted octanol–water partition coefficient (Wildman–Crippen LogP) is 5.74. The van der Waals surface area contributed by atoms with Gasteiger partial charge in [0.2, 0.25) is 11.8 Å². The van der Waals surface area contributed by atoms with E-state index in [1.807, 2.05) is 31.2 Å². The summed E-state index contributed by atoms with van der Waals surface area (Å²) in [7, 11) is 1.63. The topological polar surface area (TPSA) is 63.2 Å². The largest absolute Gasteiger partial charge is 0.481 e. The number of fused-ring (bicyclic) bond motifs is 1. The van der Waals surface area contributed by atoms with Gasteiger partial charge in [-0.15, -0.1) is 0 Å². The van der Waals surface area contributed by atoms with E-state index in [0.29, 0.717) is 17.9 Å². The summed E-state index contributed by atoms with van der Waals surface area (Å²) >= 11 is 6.00. The van der Waals surface area contributed by atoms with Gasteiger partial charge in [0.1, 0.15) is 0 Å². The first-order valence-corrected chi connectivity index (χ1v) is 12.0. The third-order valence-corrected chi connectivity index (χ3v) is 6.66. The van der Waals surface area contributed by atoms with Gasteiger partial charge in [-0.3, -0.25) is 4.90 Å². The number of rotatable bonds is 6. The molecule has 1 aliphatic heterocycles. The maximum Gasteiger partial charge on any atom is 0.223 e. The molecule has 7 heteroatoms. The van der Waals surface area contributed by atoms with Gasteiger partial charge in [-0.2, -0.15) is 0 Å². The van der Waals surface area contributed by atoms with Gasteiger partial charge < -0.3 is 10.1 Å². The standard InChI is InChI=1S/C27H28ClN5O/c1-18-24-15-20(21-9-12-29-26(16-21)34-2)5-8-25(24)32-27(30-18)31-23-10-13-33(14-11-23)17-19-3-6-22(28)7-4-19/h3-9,12,15-16,23H,10-11,13-14,17H2,1-2H3,(H,30,31,32). The lowest BCUT2D eigenvalue weighted by molar-refractivity contribution is 0.211. The van der Waals surface area contributed by atoms with E-state index >= 15 is 0 Å². The first kappa shape index (κ1) is 22.6. The maximum absolute atomic E-state index is 6.00. The number of aryl methyl sites for hydroxylation is 1. The Hall–Kier alpha value is -3.22. The van der Waals surface area contributed by atoms with Crippen LogP contribution in [0.3, 0.4) is 0 Å². The number of halogens is 1. The highest BCUT2D eigenvalue weighted by molar-refractivity contribution is 6.30. The van der Waals surface area contributed by atoms with E-state index in [0.717, 1.165) is 65.2 Å². The normalized spacial score (nSPS) is 14.9. The van der Waals surface area contributed by atoms with Crippen LogP contribution < -0.4 is 10.1 Å². The Labute approximate surface area is 205 Å². The summed E-state index contributed by atoms with van der Waals surface area (Å²) in [5.41, 5.74) is 5.36. The number of likely N-dealkylation sites (tertiary alicyclic amines) is 1. The molecule has 1 N–H and O–H groups in total. The van der Waals surface area contributed by atoms with Crippen LogP contribution >= 0.6 is 11.6 Å². The molecule has 2 aromatic heterocycles. The van der Waals surface area contributed by atoms with E-state index in [1.54, 1.807) is 13.3 Å². The third kappa shape index (κ3) is 5.13. The van der Waals surface area contributed by atoms with Gasteiger partial charge >= 0.3 is 0 Å². The summed E-state index contributed by atoms with van der Waals surface area (Å²) in [5, 5.41) is 5.41. The molecule has 1 fully saturated rings. The predicted molar refractivity (Wildman–Crippen MR) is 137 cm³/mol. The molecule has 0 bridgehead atoms.